The van der Waals surface area contributed by atoms with Crippen molar-refractivity contribution in [2.75, 3.05) is 0 Å². The van der Waals surface area contributed by atoms with Gasteiger partial charge in [-0.05, 0) is 123 Å². The van der Waals surface area contributed by atoms with Crippen LogP contribution in [0.2, 0.25) is 0 Å². The zero-order chi connectivity index (χ0) is 37.0. The van der Waals surface area contributed by atoms with E-state index in [2.05, 4.69) is 218 Å². The lowest BCUT2D eigenvalue weighted by Crippen LogP contribution is -1.98. The Morgan fingerprint density at radius 3 is 1.00 bits per heavy atom. The number of fused-ring (bicyclic) bond motifs is 10. The summed E-state index contributed by atoms with van der Waals surface area (Å²) in [6, 6.07) is 80.4. The minimum Gasteiger partial charge on any atom is -0.0622 e. The molecule has 0 heterocycles. The highest BCUT2D eigenvalue weighted by atomic mass is 14.3. The van der Waals surface area contributed by atoms with E-state index >= 15 is 0 Å². The van der Waals surface area contributed by atoms with E-state index < -0.39 is 0 Å². The summed E-state index contributed by atoms with van der Waals surface area (Å²) in [5.41, 5.74) is 19.9. The molecule has 11 rings (SSSR count). The van der Waals surface area contributed by atoms with Gasteiger partial charge in [-0.1, -0.05) is 206 Å². The third kappa shape index (κ3) is 5.15. The Morgan fingerprint density at radius 2 is 0.500 bits per heavy atom. The number of hydrogen-bond acceptors (Lipinski definition) is 0. The Kier molecular flexibility index (Phi) is 7.60. The SMILES string of the molecule is c1ccc(-c2ccc(-c3c4ccccc4c(-c4ccc5c(c4)-c4ccccc4-c4ccccc4-c4ccccc4-5)c4ccccc34)c(-c3ccccc3)c2)cc1. The fourth-order valence-electron chi connectivity index (χ4n) is 9.17. The molecular weight excluding hydrogens is 673 g/mol. The molecule has 56 heavy (non-hydrogen) atoms. The summed E-state index contributed by atoms with van der Waals surface area (Å²) in [5, 5.41) is 4.99. The van der Waals surface area contributed by atoms with Crippen molar-refractivity contribution in [3.8, 4) is 89.0 Å². The molecule has 1 aliphatic rings. The van der Waals surface area contributed by atoms with E-state index in [4.69, 9.17) is 0 Å². The average Bonchev–Trinajstić information content (AvgIpc) is 3.28. The van der Waals surface area contributed by atoms with Gasteiger partial charge in [0.15, 0.2) is 0 Å². The van der Waals surface area contributed by atoms with E-state index in [1.807, 2.05) is 0 Å². The van der Waals surface area contributed by atoms with Crippen LogP contribution in [0.1, 0.15) is 0 Å². The highest BCUT2D eigenvalue weighted by Crippen LogP contribution is 2.51. The summed E-state index contributed by atoms with van der Waals surface area (Å²) in [6.45, 7) is 0. The summed E-state index contributed by atoms with van der Waals surface area (Å²) < 4.78 is 0. The lowest BCUT2D eigenvalue weighted by molar-refractivity contribution is 1.52. The van der Waals surface area contributed by atoms with Gasteiger partial charge in [-0.2, -0.15) is 0 Å². The van der Waals surface area contributed by atoms with Crippen LogP contribution in [-0.2, 0) is 0 Å². The second kappa shape index (κ2) is 13.2. The fourth-order valence-corrected chi connectivity index (χ4v) is 9.17. The van der Waals surface area contributed by atoms with Gasteiger partial charge in [0.1, 0.15) is 0 Å². The van der Waals surface area contributed by atoms with Crippen LogP contribution in [0.4, 0.5) is 0 Å². The first kappa shape index (κ1) is 32.2. The van der Waals surface area contributed by atoms with E-state index in [1.165, 1.54) is 111 Å². The summed E-state index contributed by atoms with van der Waals surface area (Å²) >= 11 is 0. The van der Waals surface area contributed by atoms with Crippen LogP contribution >= 0.6 is 0 Å². The Morgan fingerprint density at radius 1 is 0.161 bits per heavy atom. The van der Waals surface area contributed by atoms with Crippen LogP contribution in [0.5, 0.6) is 0 Å². The standard InChI is InChI=1S/C56H36/c1-3-17-37(18-4-1)39-31-34-52(53(35-39)38-19-5-2-6-20-38)56-50-29-15-13-27-48(50)55(49-28-14-16-30-51(49)56)40-32-33-47-45-25-10-9-23-43(45)41-21-7-8-22-42(41)44-24-11-12-26-46(44)54(47)36-40/h1-36H. The molecule has 0 saturated heterocycles. The van der Waals surface area contributed by atoms with Gasteiger partial charge in [-0.3, -0.25) is 0 Å². The molecule has 0 N–H and O–H groups in total. The highest BCUT2D eigenvalue weighted by molar-refractivity contribution is 6.23. The van der Waals surface area contributed by atoms with Crippen molar-refractivity contribution < 1.29 is 0 Å². The van der Waals surface area contributed by atoms with Gasteiger partial charge in [0, 0.05) is 0 Å². The molecule has 0 fully saturated rings. The predicted molar refractivity (Wildman–Crippen MR) is 238 cm³/mol. The molecule has 0 aromatic heterocycles. The van der Waals surface area contributed by atoms with E-state index in [9.17, 15) is 0 Å². The van der Waals surface area contributed by atoms with Crippen LogP contribution in [0.15, 0.2) is 218 Å². The van der Waals surface area contributed by atoms with Crippen molar-refractivity contribution in [1.29, 1.82) is 0 Å². The Labute approximate surface area is 327 Å². The minimum atomic E-state index is 1.21. The van der Waals surface area contributed by atoms with Crippen LogP contribution in [0.25, 0.3) is 111 Å². The second-order valence-corrected chi connectivity index (χ2v) is 14.7. The Balaban J connectivity index is 1.19. The zero-order valence-electron chi connectivity index (χ0n) is 30.8. The molecule has 0 heteroatoms. The van der Waals surface area contributed by atoms with Crippen molar-refractivity contribution in [3.63, 3.8) is 0 Å². The number of rotatable bonds is 4. The summed E-state index contributed by atoms with van der Waals surface area (Å²) in [4.78, 5) is 0. The first-order valence-electron chi connectivity index (χ1n) is 19.4. The van der Waals surface area contributed by atoms with E-state index in [0.29, 0.717) is 0 Å². The first-order chi connectivity index (χ1) is 27.8. The van der Waals surface area contributed by atoms with Crippen molar-refractivity contribution >= 4 is 21.5 Å². The van der Waals surface area contributed by atoms with Gasteiger partial charge in [-0.15, -0.1) is 0 Å². The average molecular weight is 709 g/mol. The molecule has 10 aromatic carbocycles. The third-order valence-corrected chi connectivity index (χ3v) is 11.7. The number of hydrogen-bond donors (Lipinski definition) is 0. The van der Waals surface area contributed by atoms with Crippen LogP contribution in [0, 0.1) is 0 Å². The summed E-state index contributed by atoms with van der Waals surface area (Å²) in [7, 11) is 0. The lowest BCUT2D eigenvalue weighted by Gasteiger charge is -2.24. The Bertz CT molecular complexity index is 3050. The van der Waals surface area contributed by atoms with Gasteiger partial charge in [0.2, 0.25) is 0 Å². The number of benzene rings is 10. The maximum absolute atomic E-state index is 2.46. The minimum absolute atomic E-state index is 1.21. The largest absolute Gasteiger partial charge is 0.0622 e. The van der Waals surface area contributed by atoms with Crippen molar-refractivity contribution in [1.82, 2.24) is 0 Å². The van der Waals surface area contributed by atoms with Gasteiger partial charge in [0.05, 0.1) is 0 Å². The molecule has 0 nitrogen and oxygen atoms in total. The lowest BCUT2D eigenvalue weighted by atomic mass is 9.79. The van der Waals surface area contributed by atoms with E-state index in [-0.39, 0.29) is 0 Å². The topological polar surface area (TPSA) is 0 Å². The molecule has 0 atom stereocenters. The second-order valence-electron chi connectivity index (χ2n) is 14.7. The smallest absolute Gasteiger partial charge is 0.00201 e. The zero-order valence-corrected chi connectivity index (χ0v) is 30.8. The molecule has 260 valence electrons. The molecule has 0 unspecified atom stereocenters. The molecule has 10 aromatic rings. The van der Waals surface area contributed by atoms with Crippen molar-refractivity contribution in [3.05, 3.63) is 218 Å². The molecule has 1 aliphatic carbocycles. The summed E-state index contributed by atoms with van der Waals surface area (Å²) in [6.07, 6.45) is 0. The molecule has 0 amide bonds. The fraction of sp³-hybridized carbons (Fsp3) is 0. The Hall–Kier alpha value is -7.28. The quantitative estimate of drug-likeness (QED) is 0.160. The normalized spacial score (nSPS) is 11.6. The summed E-state index contributed by atoms with van der Waals surface area (Å²) in [5.74, 6) is 0. The highest BCUT2D eigenvalue weighted by Gasteiger charge is 2.24. The molecule has 0 spiro atoms. The van der Waals surface area contributed by atoms with Crippen LogP contribution in [0.3, 0.4) is 0 Å². The molecule has 0 saturated carbocycles. The van der Waals surface area contributed by atoms with Gasteiger partial charge < -0.3 is 0 Å². The maximum atomic E-state index is 2.46. The molecule has 0 bridgehead atoms. The first-order valence-corrected chi connectivity index (χ1v) is 19.4. The van der Waals surface area contributed by atoms with Crippen molar-refractivity contribution in [2.24, 2.45) is 0 Å². The van der Waals surface area contributed by atoms with Gasteiger partial charge >= 0.3 is 0 Å². The third-order valence-electron chi connectivity index (χ3n) is 11.7. The molecule has 0 radical (unpaired) electrons. The molecular formula is C56H36. The monoisotopic (exact) mass is 708 g/mol. The van der Waals surface area contributed by atoms with Crippen molar-refractivity contribution in [2.45, 2.75) is 0 Å². The maximum Gasteiger partial charge on any atom is -0.00201 e. The van der Waals surface area contributed by atoms with E-state index in [1.54, 1.807) is 0 Å². The van der Waals surface area contributed by atoms with Gasteiger partial charge in [-0.25, -0.2) is 0 Å². The van der Waals surface area contributed by atoms with E-state index in [0.717, 1.165) is 0 Å². The van der Waals surface area contributed by atoms with Crippen LogP contribution < -0.4 is 0 Å². The predicted octanol–water partition coefficient (Wildman–Crippen LogP) is 15.6. The van der Waals surface area contributed by atoms with Gasteiger partial charge in [0.25, 0.3) is 0 Å². The molecule has 0 aliphatic heterocycles. The van der Waals surface area contributed by atoms with Crippen LogP contribution in [-0.4, -0.2) is 0 Å².